The first kappa shape index (κ1) is 15.5. The smallest absolute Gasteiger partial charge is 0.0590 e. The maximum Gasteiger partial charge on any atom is 0.0590 e. The summed E-state index contributed by atoms with van der Waals surface area (Å²) < 4.78 is 0. The Morgan fingerprint density at radius 2 is 2.10 bits per heavy atom. The third kappa shape index (κ3) is 3.19. The third-order valence-electron chi connectivity index (χ3n) is 5.32. The van der Waals surface area contributed by atoms with Gasteiger partial charge in [0.1, 0.15) is 0 Å². The molecule has 0 amide bonds. The predicted octanol–water partition coefficient (Wildman–Crippen LogP) is 2.86. The molecule has 21 heavy (non-hydrogen) atoms. The number of fused-ring (bicyclic) bond motifs is 1. The van der Waals surface area contributed by atoms with Gasteiger partial charge in [-0.2, -0.15) is 0 Å². The second-order valence-electron chi connectivity index (χ2n) is 6.99. The van der Waals surface area contributed by atoms with Gasteiger partial charge >= 0.3 is 0 Å². The van der Waals surface area contributed by atoms with Crippen molar-refractivity contribution in [2.75, 3.05) is 26.7 Å². The van der Waals surface area contributed by atoms with E-state index in [-0.39, 0.29) is 6.04 Å². The second-order valence-corrected chi connectivity index (χ2v) is 8.31. The summed E-state index contributed by atoms with van der Waals surface area (Å²) >= 11 is 1.92. The highest BCUT2D eigenvalue weighted by Crippen LogP contribution is 2.36. The maximum atomic E-state index is 6.36. The molecule has 1 aromatic heterocycles. The Labute approximate surface area is 133 Å². The molecule has 0 spiro atoms. The normalized spacial score (nSPS) is 30.9. The Balaban J connectivity index is 1.75. The molecule has 1 aromatic rings. The first-order valence-electron chi connectivity index (χ1n) is 8.32. The molecule has 4 atom stereocenters. The zero-order chi connectivity index (χ0) is 15.0. The van der Waals surface area contributed by atoms with E-state index in [4.69, 9.17) is 5.73 Å². The molecule has 4 heteroatoms. The average molecular weight is 308 g/mol. The highest BCUT2D eigenvalue weighted by atomic mass is 32.1. The molecule has 0 aliphatic carbocycles. The van der Waals surface area contributed by atoms with E-state index in [1.54, 1.807) is 0 Å². The van der Waals surface area contributed by atoms with Gasteiger partial charge in [-0.05, 0) is 64.8 Å². The number of piperidine rings is 2. The highest BCUT2D eigenvalue weighted by molar-refractivity contribution is 7.12. The van der Waals surface area contributed by atoms with Crippen molar-refractivity contribution in [3.63, 3.8) is 0 Å². The van der Waals surface area contributed by atoms with Crippen LogP contribution in [0.1, 0.15) is 42.0 Å². The molecule has 3 heterocycles. The van der Waals surface area contributed by atoms with Gasteiger partial charge in [0.15, 0.2) is 0 Å². The minimum Gasteiger partial charge on any atom is -0.326 e. The van der Waals surface area contributed by atoms with Gasteiger partial charge in [-0.3, -0.25) is 4.90 Å². The molecular weight excluding hydrogens is 278 g/mol. The van der Waals surface area contributed by atoms with Gasteiger partial charge in [0.2, 0.25) is 0 Å². The SMILES string of the molecule is Cc1ccc(C(C(C)N)N2CCC3C(CCCN3C)C2)s1. The summed E-state index contributed by atoms with van der Waals surface area (Å²) in [6, 6.07) is 5.91. The first-order valence-corrected chi connectivity index (χ1v) is 9.14. The summed E-state index contributed by atoms with van der Waals surface area (Å²) in [7, 11) is 2.30. The molecule has 0 saturated carbocycles. The van der Waals surface area contributed by atoms with E-state index in [0.29, 0.717) is 6.04 Å². The molecule has 2 aliphatic rings. The number of rotatable bonds is 3. The molecule has 118 valence electrons. The van der Waals surface area contributed by atoms with Crippen LogP contribution in [0, 0.1) is 12.8 Å². The van der Waals surface area contributed by atoms with Gasteiger partial charge in [0.25, 0.3) is 0 Å². The third-order valence-corrected chi connectivity index (χ3v) is 6.39. The molecule has 0 bridgehead atoms. The fraction of sp³-hybridized carbons (Fsp3) is 0.765. The Morgan fingerprint density at radius 1 is 1.29 bits per heavy atom. The van der Waals surface area contributed by atoms with E-state index in [9.17, 15) is 0 Å². The Morgan fingerprint density at radius 3 is 2.76 bits per heavy atom. The van der Waals surface area contributed by atoms with E-state index in [2.05, 4.69) is 42.8 Å². The van der Waals surface area contributed by atoms with Crippen molar-refractivity contribution in [3.8, 4) is 0 Å². The van der Waals surface area contributed by atoms with Crippen molar-refractivity contribution in [2.45, 2.75) is 51.2 Å². The number of nitrogens with zero attached hydrogens (tertiary/aromatic N) is 2. The van der Waals surface area contributed by atoms with Crippen molar-refractivity contribution in [1.82, 2.24) is 9.80 Å². The molecule has 0 aromatic carbocycles. The summed E-state index contributed by atoms with van der Waals surface area (Å²) in [6.45, 7) is 8.04. The van der Waals surface area contributed by atoms with Crippen molar-refractivity contribution < 1.29 is 0 Å². The molecule has 2 aliphatic heterocycles. The second kappa shape index (κ2) is 6.37. The van der Waals surface area contributed by atoms with Crippen molar-refractivity contribution in [3.05, 3.63) is 21.9 Å². The lowest BCUT2D eigenvalue weighted by molar-refractivity contribution is 0.0161. The summed E-state index contributed by atoms with van der Waals surface area (Å²) in [5.41, 5.74) is 6.36. The largest absolute Gasteiger partial charge is 0.326 e. The van der Waals surface area contributed by atoms with Crippen LogP contribution in [-0.2, 0) is 0 Å². The highest BCUT2D eigenvalue weighted by Gasteiger charge is 2.37. The van der Waals surface area contributed by atoms with Crippen LogP contribution in [0.3, 0.4) is 0 Å². The van der Waals surface area contributed by atoms with Crippen LogP contribution >= 0.6 is 11.3 Å². The zero-order valence-corrected chi connectivity index (χ0v) is 14.4. The van der Waals surface area contributed by atoms with Crippen LogP contribution in [0.25, 0.3) is 0 Å². The number of thiophene rings is 1. The Bertz CT molecular complexity index is 470. The number of hydrogen-bond acceptors (Lipinski definition) is 4. The molecule has 2 fully saturated rings. The fourth-order valence-corrected chi connectivity index (χ4v) is 5.45. The van der Waals surface area contributed by atoms with Crippen LogP contribution in [0.5, 0.6) is 0 Å². The van der Waals surface area contributed by atoms with Crippen molar-refractivity contribution in [2.24, 2.45) is 11.7 Å². The quantitative estimate of drug-likeness (QED) is 0.932. The lowest BCUT2D eigenvalue weighted by Gasteiger charge is -2.48. The molecule has 3 nitrogen and oxygen atoms in total. The van der Waals surface area contributed by atoms with E-state index in [1.165, 1.54) is 48.7 Å². The van der Waals surface area contributed by atoms with Crippen LogP contribution in [0.15, 0.2) is 12.1 Å². The van der Waals surface area contributed by atoms with E-state index in [0.717, 1.165) is 12.0 Å². The first-order chi connectivity index (χ1) is 10.1. The Kier molecular flexibility index (Phi) is 4.69. The van der Waals surface area contributed by atoms with Gasteiger partial charge in [-0.15, -0.1) is 11.3 Å². The van der Waals surface area contributed by atoms with Crippen molar-refractivity contribution >= 4 is 11.3 Å². The van der Waals surface area contributed by atoms with Gasteiger partial charge in [-0.1, -0.05) is 0 Å². The summed E-state index contributed by atoms with van der Waals surface area (Å²) in [5, 5.41) is 0. The number of likely N-dealkylation sites (tertiary alicyclic amines) is 2. The maximum absolute atomic E-state index is 6.36. The van der Waals surface area contributed by atoms with Gasteiger partial charge in [0, 0.05) is 34.9 Å². The van der Waals surface area contributed by atoms with Crippen molar-refractivity contribution in [1.29, 1.82) is 0 Å². The topological polar surface area (TPSA) is 32.5 Å². The summed E-state index contributed by atoms with van der Waals surface area (Å²) in [4.78, 5) is 8.09. The number of aryl methyl sites for hydroxylation is 1. The van der Waals surface area contributed by atoms with Crippen LogP contribution in [0.4, 0.5) is 0 Å². The minimum absolute atomic E-state index is 0.195. The number of hydrogen-bond donors (Lipinski definition) is 1. The molecular formula is C17H29N3S. The Hall–Kier alpha value is -0.420. The van der Waals surface area contributed by atoms with Crippen LogP contribution < -0.4 is 5.73 Å². The van der Waals surface area contributed by atoms with E-state index < -0.39 is 0 Å². The van der Waals surface area contributed by atoms with E-state index >= 15 is 0 Å². The number of nitrogens with two attached hydrogens (primary N) is 1. The molecule has 4 unspecified atom stereocenters. The lowest BCUT2D eigenvalue weighted by Crippen LogP contribution is -2.54. The minimum atomic E-state index is 0.195. The standard InChI is InChI=1S/C17H29N3S/c1-12-6-7-16(21-12)17(13(2)18)20-10-8-15-14(11-20)5-4-9-19(15)3/h6-7,13-15,17H,4-5,8-11,18H2,1-3H3. The molecule has 2 N–H and O–H groups in total. The zero-order valence-electron chi connectivity index (χ0n) is 13.6. The molecule has 0 radical (unpaired) electrons. The predicted molar refractivity (Wildman–Crippen MR) is 90.8 cm³/mol. The monoisotopic (exact) mass is 307 g/mol. The van der Waals surface area contributed by atoms with Gasteiger partial charge in [0.05, 0.1) is 6.04 Å². The van der Waals surface area contributed by atoms with Crippen LogP contribution in [-0.4, -0.2) is 48.6 Å². The average Bonchev–Trinajstić information content (AvgIpc) is 2.85. The summed E-state index contributed by atoms with van der Waals surface area (Å²) in [5.74, 6) is 0.833. The van der Waals surface area contributed by atoms with Gasteiger partial charge < -0.3 is 10.6 Å². The van der Waals surface area contributed by atoms with E-state index in [1.807, 2.05) is 11.3 Å². The van der Waals surface area contributed by atoms with Crippen LogP contribution in [0.2, 0.25) is 0 Å². The summed E-state index contributed by atoms with van der Waals surface area (Å²) in [6.07, 6.45) is 4.04. The lowest BCUT2D eigenvalue weighted by atomic mass is 9.83. The fourth-order valence-electron chi connectivity index (χ4n) is 4.32. The van der Waals surface area contributed by atoms with Gasteiger partial charge in [-0.25, -0.2) is 0 Å². The molecule has 2 saturated heterocycles. The molecule has 3 rings (SSSR count).